The van der Waals surface area contributed by atoms with Crippen molar-refractivity contribution in [3.05, 3.63) is 40.4 Å². The molecule has 0 unspecified atom stereocenters. The molecule has 0 amide bonds. The standard InChI is InChI=1S/C6H5NO2.ClO3.K/c8-7(9)6-4-2-1-3-5-6;2-1(3)4;/h1-5H;;/q;-1;+1. The van der Waals surface area contributed by atoms with Gasteiger partial charge in [0.1, 0.15) is 0 Å². The molecule has 0 aliphatic carbocycles. The summed E-state index contributed by atoms with van der Waals surface area (Å²) in [6.45, 7) is 0. The van der Waals surface area contributed by atoms with Crippen LogP contribution in [0.5, 0.6) is 0 Å². The molecular weight excluding hydrogens is 241 g/mol. The van der Waals surface area contributed by atoms with Crippen LogP contribution in [0, 0.1) is 20.9 Å². The number of non-ortho nitro benzene ring substituents is 1. The van der Waals surface area contributed by atoms with E-state index in [1.165, 1.54) is 12.1 Å². The largest absolute Gasteiger partial charge is 1.00 e. The zero-order valence-corrected chi connectivity index (χ0v) is 11.1. The van der Waals surface area contributed by atoms with Crippen LogP contribution < -0.4 is 65.4 Å². The molecule has 0 aliphatic heterocycles. The second-order valence-corrected chi connectivity index (χ2v) is 2.16. The predicted molar refractivity (Wildman–Crippen MR) is 33.1 cm³/mol. The van der Waals surface area contributed by atoms with Gasteiger partial charge in [-0.1, -0.05) is 18.2 Å². The first-order chi connectivity index (χ1) is 6.04. The Bertz CT molecular complexity index is 255. The molecule has 6 nitrogen and oxygen atoms in total. The van der Waals surface area contributed by atoms with Gasteiger partial charge in [0.25, 0.3) is 5.69 Å². The van der Waals surface area contributed by atoms with Crippen molar-refractivity contribution >= 4 is 5.69 Å². The summed E-state index contributed by atoms with van der Waals surface area (Å²) in [5.74, 6) is 0. The Morgan fingerprint density at radius 2 is 1.43 bits per heavy atom. The van der Waals surface area contributed by atoms with E-state index in [-0.39, 0.29) is 57.1 Å². The zero-order valence-electron chi connectivity index (χ0n) is 7.25. The first-order valence-corrected chi connectivity index (χ1v) is 3.89. The third kappa shape index (κ3) is 10.5. The van der Waals surface area contributed by atoms with E-state index in [0.29, 0.717) is 0 Å². The van der Waals surface area contributed by atoms with Crippen molar-refractivity contribution in [3.8, 4) is 0 Å². The van der Waals surface area contributed by atoms with Crippen molar-refractivity contribution in [2.75, 3.05) is 0 Å². The van der Waals surface area contributed by atoms with Gasteiger partial charge in [-0.2, -0.15) is 0 Å². The van der Waals surface area contributed by atoms with Crippen LogP contribution in [0.15, 0.2) is 30.3 Å². The Labute approximate surface area is 126 Å². The van der Waals surface area contributed by atoms with Gasteiger partial charge in [-0.05, 0) is 0 Å². The number of halogens is 1. The molecule has 0 radical (unpaired) electrons. The maximum absolute atomic E-state index is 10.0. The fraction of sp³-hybridized carbons (Fsp3) is 0. The number of hydrogen-bond donors (Lipinski definition) is 0. The fourth-order valence-electron chi connectivity index (χ4n) is 0.550. The Balaban J connectivity index is 0. The molecular formula is C6H5ClKNO5. The molecule has 1 rings (SSSR count). The van der Waals surface area contributed by atoms with Crippen LogP contribution in [-0.2, 0) is 0 Å². The van der Waals surface area contributed by atoms with E-state index in [2.05, 4.69) is 0 Å². The minimum absolute atomic E-state index is 0. The van der Waals surface area contributed by atoms with Crippen molar-refractivity contribution < 1.29 is 81.1 Å². The second-order valence-electron chi connectivity index (χ2n) is 1.78. The van der Waals surface area contributed by atoms with Gasteiger partial charge < -0.3 is 14.0 Å². The van der Waals surface area contributed by atoms with Gasteiger partial charge in [-0.3, -0.25) is 10.1 Å². The molecule has 0 atom stereocenters. The third-order valence-corrected chi connectivity index (χ3v) is 0.967. The molecule has 0 spiro atoms. The van der Waals surface area contributed by atoms with Gasteiger partial charge >= 0.3 is 51.4 Å². The van der Waals surface area contributed by atoms with Gasteiger partial charge in [0, 0.05) is 12.1 Å². The van der Waals surface area contributed by atoms with Gasteiger partial charge in [-0.15, -0.1) is 0 Å². The first-order valence-electron chi connectivity index (χ1n) is 2.96. The monoisotopic (exact) mass is 245 g/mol. The normalized spacial score (nSPS) is 8.29. The van der Waals surface area contributed by atoms with Gasteiger partial charge in [0.05, 0.1) is 15.7 Å². The quantitative estimate of drug-likeness (QED) is 0.279. The molecule has 0 N–H and O–H groups in total. The molecule has 14 heavy (non-hydrogen) atoms. The van der Waals surface area contributed by atoms with E-state index < -0.39 is 15.7 Å². The molecule has 0 bridgehead atoms. The molecule has 1 aromatic carbocycles. The van der Waals surface area contributed by atoms with Crippen molar-refractivity contribution in [1.29, 1.82) is 0 Å². The number of nitro benzene ring substituents is 1. The number of nitro groups is 1. The van der Waals surface area contributed by atoms with E-state index in [9.17, 15) is 10.1 Å². The van der Waals surface area contributed by atoms with Crippen LogP contribution in [0.1, 0.15) is 0 Å². The van der Waals surface area contributed by atoms with Crippen LogP contribution in [0.4, 0.5) is 5.69 Å². The van der Waals surface area contributed by atoms with Crippen LogP contribution in [-0.4, -0.2) is 4.92 Å². The summed E-state index contributed by atoms with van der Waals surface area (Å²) >= 11 is 0. The average Bonchev–Trinajstić information content (AvgIpc) is 2.05. The molecule has 0 aliphatic rings. The summed E-state index contributed by atoms with van der Waals surface area (Å²) in [6.07, 6.45) is 0. The zero-order chi connectivity index (χ0) is 10.3. The number of benzene rings is 1. The van der Waals surface area contributed by atoms with Gasteiger partial charge in [-0.25, -0.2) is 0 Å². The Morgan fingerprint density at radius 3 is 1.64 bits per heavy atom. The molecule has 0 saturated heterocycles. The molecule has 72 valence electrons. The van der Waals surface area contributed by atoms with Crippen molar-refractivity contribution in [1.82, 2.24) is 0 Å². The SMILES string of the molecule is O=[N+]([O-])c1ccccc1.[K+].[O-][Cl+2]([O-])[O-]. The van der Waals surface area contributed by atoms with Crippen LogP contribution in [0.2, 0.25) is 0 Å². The van der Waals surface area contributed by atoms with Crippen molar-refractivity contribution in [2.24, 2.45) is 0 Å². The molecule has 0 heterocycles. The molecule has 0 aromatic heterocycles. The first kappa shape index (κ1) is 16.8. The number of nitrogens with zero attached hydrogens (tertiary/aromatic N) is 1. The van der Waals surface area contributed by atoms with Gasteiger partial charge in [0.2, 0.25) is 0 Å². The smallest absolute Gasteiger partial charge is 0.357 e. The second kappa shape index (κ2) is 9.96. The summed E-state index contributed by atoms with van der Waals surface area (Å²) in [5, 5.41) is 10.0. The molecule has 0 saturated carbocycles. The maximum atomic E-state index is 10.0. The van der Waals surface area contributed by atoms with E-state index in [1.807, 2.05) is 0 Å². The Hall–Kier alpha value is 0.426. The number of rotatable bonds is 1. The minimum Gasteiger partial charge on any atom is -0.357 e. The van der Waals surface area contributed by atoms with Crippen molar-refractivity contribution in [2.45, 2.75) is 0 Å². The van der Waals surface area contributed by atoms with Crippen LogP contribution in [0.3, 0.4) is 0 Å². The van der Waals surface area contributed by atoms with E-state index in [1.54, 1.807) is 18.2 Å². The number of hydrogen-bond acceptors (Lipinski definition) is 5. The summed E-state index contributed by atoms with van der Waals surface area (Å²) in [5.41, 5.74) is 0.137. The van der Waals surface area contributed by atoms with E-state index in [0.717, 1.165) is 0 Å². The van der Waals surface area contributed by atoms with E-state index in [4.69, 9.17) is 14.0 Å². The van der Waals surface area contributed by atoms with Gasteiger partial charge in [0.15, 0.2) is 0 Å². The Kier molecular flexibility index (Phi) is 12.0. The van der Waals surface area contributed by atoms with Crippen LogP contribution in [0.25, 0.3) is 0 Å². The summed E-state index contributed by atoms with van der Waals surface area (Å²) < 4.78 is 25.2. The summed E-state index contributed by atoms with van der Waals surface area (Å²) in [4.78, 5) is 9.59. The summed E-state index contributed by atoms with van der Waals surface area (Å²) in [6, 6.07) is 7.93. The average molecular weight is 246 g/mol. The molecule has 8 heteroatoms. The maximum Gasteiger partial charge on any atom is 1.00 e. The third-order valence-electron chi connectivity index (χ3n) is 0.967. The van der Waals surface area contributed by atoms with Crippen molar-refractivity contribution in [3.63, 3.8) is 0 Å². The Morgan fingerprint density at radius 1 is 1.07 bits per heavy atom. The topological polar surface area (TPSA) is 112 Å². The number of para-hydroxylation sites is 1. The van der Waals surface area contributed by atoms with E-state index >= 15 is 0 Å². The molecule has 1 aromatic rings. The minimum atomic E-state index is -2.85. The molecule has 0 fully saturated rings. The fourth-order valence-corrected chi connectivity index (χ4v) is 0.550. The predicted octanol–water partition coefficient (Wildman–Crippen LogP) is -4.97. The summed E-state index contributed by atoms with van der Waals surface area (Å²) in [7, 11) is -2.85. The van der Waals surface area contributed by atoms with Crippen LogP contribution >= 0.6 is 0 Å².